The Morgan fingerprint density at radius 3 is 2.39 bits per heavy atom. The first-order valence-corrected chi connectivity index (χ1v) is 7.20. The van der Waals surface area contributed by atoms with E-state index < -0.39 is 0 Å². The average molecular weight is 337 g/mol. The monoisotopic (exact) mass is 336 g/mol. The van der Waals surface area contributed by atoms with E-state index in [9.17, 15) is 9.18 Å². The molecule has 0 atom stereocenters. The van der Waals surface area contributed by atoms with Crippen molar-refractivity contribution in [2.45, 2.75) is 26.2 Å². The predicted molar refractivity (Wildman–Crippen MR) is 94.6 cm³/mol. The van der Waals surface area contributed by atoms with E-state index >= 15 is 0 Å². The van der Waals surface area contributed by atoms with Crippen molar-refractivity contribution in [2.24, 2.45) is 0 Å². The van der Waals surface area contributed by atoms with Crippen LogP contribution < -0.4 is 11.1 Å². The third-order valence-corrected chi connectivity index (χ3v) is 3.82. The van der Waals surface area contributed by atoms with Crippen LogP contribution in [0.2, 0.25) is 0 Å². The number of nitrogens with one attached hydrogen (secondary N) is 1. The molecule has 0 unspecified atom stereocenters. The molecular formula is C18H22ClFN2O. The van der Waals surface area contributed by atoms with Crippen molar-refractivity contribution >= 4 is 24.0 Å². The van der Waals surface area contributed by atoms with Gasteiger partial charge >= 0.3 is 0 Å². The van der Waals surface area contributed by atoms with Gasteiger partial charge in [-0.25, -0.2) is 4.39 Å². The fourth-order valence-corrected chi connectivity index (χ4v) is 2.28. The quantitative estimate of drug-likeness (QED) is 0.833. The van der Waals surface area contributed by atoms with Gasteiger partial charge in [0.05, 0.1) is 0 Å². The highest BCUT2D eigenvalue weighted by Gasteiger charge is 2.22. The molecule has 0 saturated heterocycles. The van der Waals surface area contributed by atoms with E-state index in [0.717, 1.165) is 11.1 Å². The van der Waals surface area contributed by atoms with Crippen molar-refractivity contribution in [2.75, 3.05) is 12.3 Å². The summed E-state index contributed by atoms with van der Waals surface area (Å²) < 4.78 is 13.0. The summed E-state index contributed by atoms with van der Waals surface area (Å²) in [4.78, 5) is 12.3. The molecule has 2 aromatic rings. The molecule has 0 aliphatic heterocycles. The minimum Gasteiger partial charge on any atom is -0.399 e. The molecule has 3 nitrogen and oxygen atoms in total. The van der Waals surface area contributed by atoms with Gasteiger partial charge in [0.2, 0.25) is 0 Å². The van der Waals surface area contributed by atoms with Crippen LogP contribution in [0.1, 0.15) is 35.3 Å². The summed E-state index contributed by atoms with van der Waals surface area (Å²) in [6.45, 7) is 6.34. The highest BCUT2D eigenvalue weighted by molar-refractivity contribution is 5.96. The molecule has 0 saturated carbocycles. The fourth-order valence-electron chi connectivity index (χ4n) is 2.28. The highest BCUT2D eigenvalue weighted by atomic mass is 35.5. The number of amides is 1. The summed E-state index contributed by atoms with van der Waals surface area (Å²) in [5.41, 5.74) is 8.44. The SMILES string of the molecule is Cc1ccc(N)cc1C(=O)NCC(C)(C)c1ccc(F)cc1.Cl. The van der Waals surface area contributed by atoms with Gasteiger partial charge in [-0.1, -0.05) is 32.0 Å². The summed E-state index contributed by atoms with van der Waals surface area (Å²) >= 11 is 0. The molecular weight excluding hydrogens is 315 g/mol. The molecule has 0 aliphatic rings. The number of hydrogen-bond donors (Lipinski definition) is 2. The molecule has 23 heavy (non-hydrogen) atoms. The molecule has 124 valence electrons. The number of rotatable bonds is 4. The number of hydrogen-bond acceptors (Lipinski definition) is 2. The molecule has 0 radical (unpaired) electrons. The summed E-state index contributed by atoms with van der Waals surface area (Å²) in [6.07, 6.45) is 0. The molecule has 0 aliphatic carbocycles. The molecule has 0 spiro atoms. The minimum absolute atomic E-state index is 0. The molecule has 2 aromatic carbocycles. The highest BCUT2D eigenvalue weighted by Crippen LogP contribution is 2.23. The number of anilines is 1. The van der Waals surface area contributed by atoms with Crippen molar-refractivity contribution < 1.29 is 9.18 Å². The Morgan fingerprint density at radius 2 is 1.78 bits per heavy atom. The van der Waals surface area contributed by atoms with Crippen LogP contribution in [-0.2, 0) is 5.41 Å². The first-order chi connectivity index (χ1) is 10.3. The standard InChI is InChI=1S/C18H21FN2O.ClH/c1-12-4-9-15(20)10-16(12)17(22)21-11-18(2,3)13-5-7-14(19)8-6-13;/h4-10H,11,20H2,1-3H3,(H,21,22);1H. The van der Waals surface area contributed by atoms with Crippen molar-refractivity contribution in [3.8, 4) is 0 Å². The zero-order valence-corrected chi connectivity index (χ0v) is 14.3. The maximum Gasteiger partial charge on any atom is 0.251 e. The van der Waals surface area contributed by atoms with Crippen molar-refractivity contribution in [3.63, 3.8) is 0 Å². The van der Waals surface area contributed by atoms with Crippen molar-refractivity contribution in [1.29, 1.82) is 0 Å². The van der Waals surface area contributed by atoms with Gasteiger partial charge in [-0.3, -0.25) is 4.79 Å². The second-order valence-corrected chi connectivity index (χ2v) is 6.15. The maximum atomic E-state index is 13.0. The second kappa shape index (κ2) is 7.47. The van der Waals surface area contributed by atoms with E-state index in [1.165, 1.54) is 12.1 Å². The Kier molecular flexibility index (Phi) is 6.16. The van der Waals surface area contributed by atoms with Crippen LogP contribution in [-0.4, -0.2) is 12.5 Å². The lowest BCUT2D eigenvalue weighted by atomic mass is 9.84. The lowest BCUT2D eigenvalue weighted by Crippen LogP contribution is -2.37. The Bertz CT molecular complexity index is 684. The molecule has 0 aromatic heterocycles. The van der Waals surface area contributed by atoms with Gasteiger partial charge < -0.3 is 11.1 Å². The Hall–Kier alpha value is -2.07. The molecule has 0 fully saturated rings. The van der Waals surface area contributed by atoms with Gasteiger partial charge in [0, 0.05) is 23.2 Å². The Balaban J connectivity index is 0.00000264. The van der Waals surface area contributed by atoms with Crippen LogP contribution >= 0.6 is 12.4 Å². The number of nitrogen functional groups attached to an aromatic ring is 1. The average Bonchev–Trinajstić information content (AvgIpc) is 2.48. The molecule has 0 bridgehead atoms. The van der Waals surface area contributed by atoms with Crippen LogP contribution in [0.5, 0.6) is 0 Å². The summed E-state index contributed by atoms with van der Waals surface area (Å²) in [5, 5.41) is 2.93. The van der Waals surface area contributed by atoms with E-state index in [1.54, 1.807) is 24.3 Å². The van der Waals surface area contributed by atoms with E-state index in [2.05, 4.69) is 5.32 Å². The smallest absolute Gasteiger partial charge is 0.251 e. The van der Waals surface area contributed by atoms with Gasteiger partial charge in [-0.05, 0) is 42.3 Å². The minimum atomic E-state index is -0.294. The third kappa shape index (κ3) is 4.70. The Morgan fingerprint density at radius 1 is 1.17 bits per heavy atom. The zero-order chi connectivity index (χ0) is 16.3. The van der Waals surface area contributed by atoms with Crippen LogP contribution in [0, 0.1) is 12.7 Å². The number of halogens is 2. The summed E-state index contributed by atoms with van der Waals surface area (Å²) in [5.74, 6) is -0.418. The summed E-state index contributed by atoms with van der Waals surface area (Å²) in [6, 6.07) is 11.6. The lowest BCUT2D eigenvalue weighted by Gasteiger charge is -2.26. The molecule has 1 amide bonds. The number of benzene rings is 2. The third-order valence-electron chi connectivity index (χ3n) is 3.82. The lowest BCUT2D eigenvalue weighted by molar-refractivity contribution is 0.0945. The number of nitrogens with two attached hydrogens (primary N) is 1. The van der Waals surface area contributed by atoms with Crippen LogP contribution in [0.15, 0.2) is 42.5 Å². The first-order valence-electron chi connectivity index (χ1n) is 7.20. The van der Waals surface area contributed by atoms with Gasteiger partial charge in [0.1, 0.15) is 5.82 Å². The van der Waals surface area contributed by atoms with Crippen LogP contribution in [0.25, 0.3) is 0 Å². The largest absolute Gasteiger partial charge is 0.399 e. The van der Waals surface area contributed by atoms with E-state index in [-0.39, 0.29) is 29.5 Å². The van der Waals surface area contributed by atoms with Gasteiger partial charge in [0.15, 0.2) is 0 Å². The molecule has 5 heteroatoms. The fraction of sp³-hybridized carbons (Fsp3) is 0.278. The second-order valence-electron chi connectivity index (χ2n) is 6.15. The van der Waals surface area contributed by atoms with Crippen molar-refractivity contribution in [1.82, 2.24) is 5.32 Å². The number of carbonyl (C=O) groups excluding carboxylic acids is 1. The van der Waals surface area contributed by atoms with E-state index in [0.29, 0.717) is 17.8 Å². The zero-order valence-electron chi connectivity index (χ0n) is 13.5. The molecule has 2 rings (SSSR count). The van der Waals surface area contributed by atoms with Crippen LogP contribution in [0.3, 0.4) is 0 Å². The van der Waals surface area contributed by atoms with Crippen molar-refractivity contribution in [3.05, 3.63) is 65.0 Å². The van der Waals surface area contributed by atoms with Gasteiger partial charge in [0.25, 0.3) is 5.91 Å². The first kappa shape index (κ1) is 19.0. The summed E-state index contributed by atoms with van der Waals surface area (Å²) in [7, 11) is 0. The maximum absolute atomic E-state index is 13.0. The van der Waals surface area contributed by atoms with E-state index in [4.69, 9.17) is 5.73 Å². The van der Waals surface area contributed by atoms with Crippen LogP contribution in [0.4, 0.5) is 10.1 Å². The molecule has 0 heterocycles. The predicted octanol–water partition coefficient (Wildman–Crippen LogP) is 3.85. The molecule has 3 N–H and O–H groups in total. The Labute approximate surface area is 142 Å². The number of aryl methyl sites for hydroxylation is 1. The number of carbonyl (C=O) groups is 1. The topological polar surface area (TPSA) is 55.1 Å². The van der Waals surface area contributed by atoms with Gasteiger partial charge in [-0.15, -0.1) is 12.4 Å². The van der Waals surface area contributed by atoms with E-state index in [1.807, 2.05) is 26.8 Å². The normalized spacial score (nSPS) is 10.8. The van der Waals surface area contributed by atoms with Gasteiger partial charge in [-0.2, -0.15) is 0 Å².